The summed E-state index contributed by atoms with van der Waals surface area (Å²) in [6.45, 7) is 1.43. The summed E-state index contributed by atoms with van der Waals surface area (Å²) in [5, 5.41) is 9.54. The average molecular weight is 238 g/mol. The van der Waals surface area contributed by atoms with Gasteiger partial charge in [0.05, 0.1) is 17.0 Å². The van der Waals surface area contributed by atoms with Gasteiger partial charge in [0.1, 0.15) is 5.82 Å². The lowest BCUT2D eigenvalue weighted by Gasteiger charge is -2.09. The van der Waals surface area contributed by atoms with Crippen molar-refractivity contribution in [2.24, 2.45) is 7.05 Å². The Morgan fingerprint density at radius 3 is 2.65 bits per heavy atom. The van der Waals surface area contributed by atoms with E-state index < -0.39 is 23.2 Å². The van der Waals surface area contributed by atoms with E-state index in [0.29, 0.717) is 0 Å². The fraction of sp³-hybridized carbons (Fsp3) is 0.273. The van der Waals surface area contributed by atoms with Crippen LogP contribution in [0.5, 0.6) is 0 Å². The van der Waals surface area contributed by atoms with Crippen LogP contribution in [0.3, 0.4) is 0 Å². The van der Waals surface area contributed by atoms with Gasteiger partial charge in [0.2, 0.25) is 0 Å². The molecule has 0 saturated heterocycles. The first-order valence-corrected chi connectivity index (χ1v) is 5.02. The Hall–Kier alpha value is -1.95. The molecule has 1 heterocycles. The molecule has 1 unspecified atom stereocenters. The summed E-state index contributed by atoms with van der Waals surface area (Å²) in [5.41, 5.74) is -0.828. The maximum absolute atomic E-state index is 13.3. The number of aliphatic hydroxyl groups excluding tert-OH is 1. The van der Waals surface area contributed by atoms with Gasteiger partial charge in [0, 0.05) is 12.6 Å². The minimum absolute atomic E-state index is 0.0444. The molecule has 2 rings (SSSR count). The molecule has 1 aromatic carbocycles. The highest BCUT2D eigenvalue weighted by Crippen LogP contribution is 2.21. The Kier molecular flexibility index (Phi) is 2.59. The van der Waals surface area contributed by atoms with Gasteiger partial charge in [-0.05, 0) is 19.1 Å². The second-order valence-corrected chi connectivity index (χ2v) is 3.89. The summed E-state index contributed by atoms with van der Waals surface area (Å²) >= 11 is 0. The third-order valence-corrected chi connectivity index (χ3v) is 2.66. The fourth-order valence-corrected chi connectivity index (χ4v) is 1.73. The van der Waals surface area contributed by atoms with Crippen molar-refractivity contribution in [3.63, 3.8) is 0 Å². The van der Waals surface area contributed by atoms with Crippen LogP contribution in [0.1, 0.15) is 18.6 Å². The van der Waals surface area contributed by atoms with Gasteiger partial charge in [-0.1, -0.05) is 0 Å². The number of benzene rings is 1. The number of H-pyrrole nitrogens is 1. The summed E-state index contributed by atoms with van der Waals surface area (Å²) in [7, 11) is 1.30. The fourth-order valence-electron chi connectivity index (χ4n) is 1.73. The number of halogens is 1. The second-order valence-electron chi connectivity index (χ2n) is 3.89. The number of aromatic nitrogens is 2. The molecule has 0 amide bonds. The van der Waals surface area contributed by atoms with Crippen molar-refractivity contribution in [2.45, 2.75) is 13.0 Å². The van der Waals surface area contributed by atoms with E-state index in [0.717, 1.165) is 16.7 Å². The summed E-state index contributed by atoms with van der Waals surface area (Å²) in [6.07, 6.45) is -0.976. The van der Waals surface area contributed by atoms with E-state index in [9.17, 15) is 19.1 Å². The third-order valence-electron chi connectivity index (χ3n) is 2.66. The van der Waals surface area contributed by atoms with Gasteiger partial charge in [-0.3, -0.25) is 9.36 Å². The van der Waals surface area contributed by atoms with Crippen LogP contribution in [0.15, 0.2) is 21.7 Å². The highest BCUT2D eigenvalue weighted by molar-refractivity contribution is 5.81. The Labute approximate surface area is 95.1 Å². The Balaban J connectivity index is 3.05. The lowest BCUT2D eigenvalue weighted by atomic mass is 10.1. The molecular formula is C11H11FN2O3. The number of hydrogen-bond donors (Lipinski definition) is 2. The van der Waals surface area contributed by atoms with E-state index in [1.165, 1.54) is 14.0 Å². The number of hydrogen-bond acceptors (Lipinski definition) is 3. The van der Waals surface area contributed by atoms with Crippen molar-refractivity contribution in [3.05, 3.63) is 44.4 Å². The molecule has 90 valence electrons. The van der Waals surface area contributed by atoms with Crippen molar-refractivity contribution in [3.8, 4) is 0 Å². The summed E-state index contributed by atoms with van der Waals surface area (Å²) in [6, 6.07) is 2.14. The van der Waals surface area contributed by atoms with Crippen LogP contribution in [0.2, 0.25) is 0 Å². The van der Waals surface area contributed by atoms with E-state index in [2.05, 4.69) is 4.98 Å². The molecule has 1 atom stereocenters. The van der Waals surface area contributed by atoms with Crippen molar-refractivity contribution in [1.29, 1.82) is 0 Å². The Morgan fingerprint density at radius 2 is 2.06 bits per heavy atom. The number of nitrogens with one attached hydrogen (secondary N) is 1. The van der Waals surface area contributed by atoms with Crippen molar-refractivity contribution in [1.82, 2.24) is 9.55 Å². The third kappa shape index (κ3) is 1.76. The minimum Gasteiger partial charge on any atom is -0.389 e. The lowest BCUT2D eigenvalue weighted by molar-refractivity contribution is 0.200. The quantitative estimate of drug-likeness (QED) is 0.756. The van der Waals surface area contributed by atoms with E-state index in [1.807, 2.05) is 0 Å². The number of nitrogens with zero attached hydrogens (tertiary/aromatic N) is 1. The highest BCUT2D eigenvalue weighted by Gasteiger charge is 2.13. The molecule has 0 fully saturated rings. The summed E-state index contributed by atoms with van der Waals surface area (Å²) in [5.74, 6) is -0.627. The van der Waals surface area contributed by atoms with Crippen LogP contribution < -0.4 is 11.2 Å². The highest BCUT2D eigenvalue weighted by atomic mass is 19.1. The predicted octanol–water partition coefficient (Wildman–Crippen LogP) is 0.419. The van der Waals surface area contributed by atoms with Crippen LogP contribution in [0.25, 0.3) is 10.9 Å². The summed E-state index contributed by atoms with van der Waals surface area (Å²) < 4.78 is 14.2. The van der Waals surface area contributed by atoms with Crippen molar-refractivity contribution in [2.75, 3.05) is 0 Å². The van der Waals surface area contributed by atoms with Gasteiger partial charge >= 0.3 is 5.69 Å². The van der Waals surface area contributed by atoms with Crippen LogP contribution in [-0.4, -0.2) is 14.7 Å². The van der Waals surface area contributed by atoms with E-state index >= 15 is 0 Å². The smallest absolute Gasteiger partial charge is 0.328 e. The van der Waals surface area contributed by atoms with Gasteiger partial charge in [0.15, 0.2) is 0 Å². The maximum Gasteiger partial charge on any atom is 0.328 e. The topological polar surface area (TPSA) is 75.1 Å². The Bertz CT molecular complexity index is 700. The van der Waals surface area contributed by atoms with Crippen LogP contribution in [0.4, 0.5) is 4.39 Å². The van der Waals surface area contributed by atoms with E-state index in [-0.39, 0.29) is 16.5 Å². The normalized spacial score (nSPS) is 12.9. The molecule has 17 heavy (non-hydrogen) atoms. The molecular weight excluding hydrogens is 227 g/mol. The van der Waals surface area contributed by atoms with Crippen LogP contribution >= 0.6 is 0 Å². The zero-order valence-corrected chi connectivity index (χ0v) is 9.32. The molecule has 0 aliphatic carbocycles. The van der Waals surface area contributed by atoms with Gasteiger partial charge in [-0.25, -0.2) is 9.18 Å². The van der Waals surface area contributed by atoms with E-state index in [1.54, 1.807) is 0 Å². The van der Waals surface area contributed by atoms with Crippen LogP contribution in [0, 0.1) is 5.82 Å². The number of aliphatic hydroxyl groups is 1. The van der Waals surface area contributed by atoms with Crippen molar-refractivity contribution < 1.29 is 9.50 Å². The summed E-state index contributed by atoms with van der Waals surface area (Å²) in [4.78, 5) is 25.7. The predicted molar refractivity (Wildman–Crippen MR) is 60.4 cm³/mol. The first kappa shape index (κ1) is 11.5. The van der Waals surface area contributed by atoms with E-state index in [4.69, 9.17) is 0 Å². The first-order chi connectivity index (χ1) is 7.91. The molecule has 0 aliphatic heterocycles. The molecule has 2 aromatic rings. The van der Waals surface area contributed by atoms with Gasteiger partial charge < -0.3 is 10.1 Å². The SMILES string of the molecule is CC(O)c1cc(F)cc2c(=O)n(C)c(=O)[nH]c12. The molecule has 0 aliphatic rings. The molecule has 5 nitrogen and oxygen atoms in total. The molecule has 0 radical (unpaired) electrons. The van der Waals surface area contributed by atoms with Gasteiger partial charge in [-0.2, -0.15) is 0 Å². The standard InChI is InChI=1S/C11H11FN2O3/c1-5(15)7-3-6(12)4-8-9(7)13-11(17)14(2)10(8)16/h3-5,15H,1-2H3,(H,13,17). The van der Waals surface area contributed by atoms with Gasteiger partial charge in [-0.15, -0.1) is 0 Å². The maximum atomic E-state index is 13.3. The molecule has 0 spiro atoms. The number of fused-ring (bicyclic) bond motifs is 1. The van der Waals surface area contributed by atoms with Crippen molar-refractivity contribution >= 4 is 10.9 Å². The second kappa shape index (κ2) is 3.81. The molecule has 1 aromatic heterocycles. The molecule has 6 heteroatoms. The average Bonchev–Trinajstić information content (AvgIpc) is 2.26. The zero-order chi connectivity index (χ0) is 12.7. The minimum atomic E-state index is -0.976. The monoisotopic (exact) mass is 238 g/mol. The lowest BCUT2D eigenvalue weighted by Crippen LogP contribution is -2.32. The Morgan fingerprint density at radius 1 is 1.41 bits per heavy atom. The van der Waals surface area contributed by atoms with Crippen LogP contribution in [-0.2, 0) is 7.05 Å². The largest absolute Gasteiger partial charge is 0.389 e. The molecule has 0 saturated carbocycles. The zero-order valence-electron chi connectivity index (χ0n) is 9.32. The molecule has 2 N–H and O–H groups in total. The number of rotatable bonds is 1. The molecule has 0 bridgehead atoms. The first-order valence-electron chi connectivity index (χ1n) is 5.02. The number of aromatic amines is 1. The van der Waals surface area contributed by atoms with Gasteiger partial charge in [0.25, 0.3) is 5.56 Å².